The molecule has 1 aromatic heterocycles. The lowest BCUT2D eigenvalue weighted by Gasteiger charge is -2.15. The van der Waals surface area contributed by atoms with E-state index >= 15 is 0 Å². The van der Waals surface area contributed by atoms with E-state index in [-0.39, 0.29) is 0 Å². The van der Waals surface area contributed by atoms with Crippen molar-refractivity contribution >= 4 is 11.5 Å². The first-order chi connectivity index (χ1) is 5.74. The second-order valence-electron chi connectivity index (χ2n) is 3.29. The summed E-state index contributed by atoms with van der Waals surface area (Å²) in [5.74, 6) is 0.699. The molecule has 0 radical (unpaired) electrons. The van der Waals surface area contributed by atoms with Crippen LogP contribution in [0.15, 0.2) is 6.20 Å². The van der Waals surface area contributed by atoms with Crippen LogP contribution >= 0.6 is 11.5 Å². The highest BCUT2D eigenvalue weighted by Crippen LogP contribution is 2.21. The Morgan fingerprint density at radius 1 is 1.58 bits per heavy atom. The fourth-order valence-corrected chi connectivity index (χ4v) is 1.80. The topological polar surface area (TPSA) is 37.8 Å². The van der Waals surface area contributed by atoms with Crippen molar-refractivity contribution in [3.05, 3.63) is 11.1 Å². The van der Waals surface area contributed by atoms with Gasteiger partial charge in [-0.25, -0.2) is 0 Å². The predicted molar refractivity (Wildman–Crippen MR) is 51.2 cm³/mol. The van der Waals surface area contributed by atoms with Gasteiger partial charge in [0, 0.05) is 6.04 Å². The van der Waals surface area contributed by atoms with E-state index in [0.717, 1.165) is 6.42 Å². The number of nitrogens with zero attached hydrogens (tertiary/aromatic N) is 2. The molecule has 3 nitrogen and oxygen atoms in total. The van der Waals surface area contributed by atoms with Crippen molar-refractivity contribution in [2.24, 2.45) is 5.92 Å². The van der Waals surface area contributed by atoms with Crippen molar-refractivity contribution in [1.29, 1.82) is 0 Å². The fraction of sp³-hybridized carbons (Fsp3) is 0.750. The van der Waals surface area contributed by atoms with Gasteiger partial charge in [-0.05, 0) is 30.9 Å². The summed E-state index contributed by atoms with van der Waals surface area (Å²) in [4.78, 5) is 1.23. The lowest BCUT2D eigenvalue weighted by atomic mass is 10.0. The first-order valence-electron chi connectivity index (χ1n) is 4.18. The van der Waals surface area contributed by atoms with Crippen LogP contribution < -0.4 is 5.32 Å². The van der Waals surface area contributed by atoms with Crippen LogP contribution in [0.25, 0.3) is 0 Å². The van der Waals surface area contributed by atoms with Gasteiger partial charge in [-0.1, -0.05) is 18.3 Å². The third-order valence-electron chi connectivity index (χ3n) is 1.78. The molecule has 0 aromatic carbocycles. The van der Waals surface area contributed by atoms with Crippen LogP contribution in [0, 0.1) is 5.92 Å². The molecule has 0 saturated carbocycles. The summed E-state index contributed by atoms with van der Waals surface area (Å²) in [5.41, 5.74) is 0. The molecule has 1 unspecified atom stereocenters. The van der Waals surface area contributed by atoms with Crippen molar-refractivity contribution in [1.82, 2.24) is 14.9 Å². The van der Waals surface area contributed by atoms with Crippen molar-refractivity contribution < 1.29 is 0 Å². The summed E-state index contributed by atoms with van der Waals surface area (Å²) in [6.07, 6.45) is 2.98. The van der Waals surface area contributed by atoms with Crippen molar-refractivity contribution in [2.45, 2.75) is 26.3 Å². The Balaban J connectivity index is 2.57. The van der Waals surface area contributed by atoms with Crippen molar-refractivity contribution in [3.63, 3.8) is 0 Å². The maximum absolute atomic E-state index is 3.85. The number of hydrogen-bond acceptors (Lipinski definition) is 4. The third-order valence-corrected chi connectivity index (χ3v) is 2.55. The summed E-state index contributed by atoms with van der Waals surface area (Å²) in [6.45, 7) is 4.44. The van der Waals surface area contributed by atoms with Gasteiger partial charge in [0.2, 0.25) is 0 Å². The van der Waals surface area contributed by atoms with E-state index in [1.54, 1.807) is 0 Å². The number of hydrogen-bond donors (Lipinski definition) is 1. The van der Waals surface area contributed by atoms with Crippen LogP contribution in [0.5, 0.6) is 0 Å². The van der Waals surface area contributed by atoms with Crippen LogP contribution in [-0.2, 0) is 0 Å². The van der Waals surface area contributed by atoms with Crippen LogP contribution in [0.3, 0.4) is 0 Å². The van der Waals surface area contributed by atoms with Crippen molar-refractivity contribution in [3.8, 4) is 0 Å². The number of nitrogens with one attached hydrogen (secondary N) is 1. The molecule has 1 rings (SSSR count). The van der Waals surface area contributed by atoms with E-state index in [9.17, 15) is 0 Å². The molecule has 0 aliphatic heterocycles. The Kier molecular flexibility index (Phi) is 3.62. The van der Waals surface area contributed by atoms with E-state index < -0.39 is 0 Å². The third kappa shape index (κ3) is 2.53. The standard InChI is InChI=1S/C8H15N3S/c1-6(2)4-7(9-3)8-5-10-11-12-8/h5-7,9H,4H2,1-3H3. The molecule has 1 aromatic rings. The van der Waals surface area contributed by atoms with Crippen LogP contribution in [-0.4, -0.2) is 16.6 Å². The summed E-state index contributed by atoms with van der Waals surface area (Å²) in [6, 6.07) is 0.421. The smallest absolute Gasteiger partial charge is 0.0669 e. The zero-order chi connectivity index (χ0) is 8.97. The Morgan fingerprint density at radius 2 is 2.33 bits per heavy atom. The quantitative estimate of drug-likeness (QED) is 0.778. The maximum atomic E-state index is 3.85. The van der Waals surface area contributed by atoms with Gasteiger partial charge in [0.05, 0.1) is 11.1 Å². The van der Waals surface area contributed by atoms with Crippen LogP contribution in [0.4, 0.5) is 0 Å². The summed E-state index contributed by atoms with van der Waals surface area (Å²) in [5, 5.41) is 7.09. The van der Waals surface area contributed by atoms with E-state index in [0.29, 0.717) is 12.0 Å². The summed E-state index contributed by atoms with van der Waals surface area (Å²) in [7, 11) is 1.98. The van der Waals surface area contributed by atoms with Gasteiger partial charge in [-0.2, -0.15) is 0 Å². The zero-order valence-corrected chi connectivity index (χ0v) is 8.56. The first kappa shape index (κ1) is 9.61. The molecule has 4 heteroatoms. The normalized spacial score (nSPS) is 13.7. The van der Waals surface area contributed by atoms with Gasteiger partial charge >= 0.3 is 0 Å². The average molecular weight is 185 g/mol. The zero-order valence-electron chi connectivity index (χ0n) is 7.74. The molecule has 1 heterocycles. The minimum absolute atomic E-state index is 0.421. The Labute approximate surface area is 77.4 Å². The second-order valence-corrected chi connectivity index (χ2v) is 4.11. The average Bonchev–Trinajstić information content (AvgIpc) is 2.51. The molecule has 0 bridgehead atoms. The van der Waals surface area contributed by atoms with Gasteiger partial charge in [-0.15, -0.1) is 5.10 Å². The Morgan fingerprint density at radius 3 is 2.75 bits per heavy atom. The lowest BCUT2D eigenvalue weighted by molar-refractivity contribution is 0.461. The van der Waals surface area contributed by atoms with E-state index in [2.05, 4.69) is 28.8 Å². The molecule has 0 aliphatic rings. The summed E-state index contributed by atoms with van der Waals surface area (Å²) >= 11 is 1.47. The summed E-state index contributed by atoms with van der Waals surface area (Å²) < 4.78 is 3.85. The molecule has 0 fully saturated rings. The highest BCUT2D eigenvalue weighted by molar-refractivity contribution is 7.05. The highest BCUT2D eigenvalue weighted by atomic mass is 32.1. The van der Waals surface area contributed by atoms with Gasteiger partial charge in [0.15, 0.2) is 0 Å². The van der Waals surface area contributed by atoms with Crippen LogP contribution in [0.1, 0.15) is 31.2 Å². The molecule has 0 amide bonds. The fourth-order valence-electron chi connectivity index (χ4n) is 1.18. The van der Waals surface area contributed by atoms with Gasteiger partial charge < -0.3 is 5.32 Å². The first-order valence-corrected chi connectivity index (χ1v) is 4.96. The van der Waals surface area contributed by atoms with E-state index in [4.69, 9.17) is 0 Å². The molecule has 0 aliphatic carbocycles. The predicted octanol–water partition coefficient (Wildman–Crippen LogP) is 1.84. The molecule has 12 heavy (non-hydrogen) atoms. The van der Waals surface area contributed by atoms with Crippen LogP contribution in [0.2, 0.25) is 0 Å². The number of rotatable bonds is 4. The highest BCUT2D eigenvalue weighted by Gasteiger charge is 2.12. The monoisotopic (exact) mass is 185 g/mol. The van der Waals surface area contributed by atoms with E-state index in [1.807, 2.05) is 13.2 Å². The number of aromatic nitrogens is 2. The Bertz CT molecular complexity index is 208. The molecular weight excluding hydrogens is 170 g/mol. The van der Waals surface area contributed by atoms with Gasteiger partial charge in [0.25, 0.3) is 0 Å². The molecule has 0 spiro atoms. The minimum atomic E-state index is 0.421. The van der Waals surface area contributed by atoms with Crippen molar-refractivity contribution in [2.75, 3.05) is 7.05 Å². The molecule has 1 atom stereocenters. The SMILES string of the molecule is CNC(CC(C)C)c1cnns1. The van der Waals surface area contributed by atoms with E-state index in [1.165, 1.54) is 16.4 Å². The Hall–Kier alpha value is -0.480. The second kappa shape index (κ2) is 4.52. The van der Waals surface area contributed by atoms with Gasteiger partial charge in [0.1, 0.15) is 0 Å². The molecular formula is C8H15N3S. The molecule has 68 valence electrons. The molecule has 0 saturated heterocycles. The molecule has 1 N–H and O–H groups in total. The largest absolute Gasteiger partial charge is 0.312 e. The maximum Gasteiger partial charge on any atom is 0.0669 e. The minimum Gasteiger partial charge on any atom is -0.312 e. The van der Waals surface area contributed by atoms with Gasteiger partial charge in [-0.3, -0.25) is 0 Å². The lowest BCUT2D eigenvalue weighted by Crippen LogP contribution is -2.17.